The Labute approximate surface area is 97.9 Å². The fraction of sp³-hybridized carbons (Fsp3) is 0. The minimum atomic E-state index is 0.0856. The maximum atomic E-state index is 9.29. The van der Waals surface area contributed by atoms with Gasteiger partial charge in [-0.1, -0.05) is 41.4 Å². The summed E-state index contributed by atoms with van der Waals surface area (Å²) in [6.07, 6.45) is 0. The molecule has 2 aromatic carbocycles. The molecule has 0 aromatic heterocycles. The van der Waals surface area contributed by atoms with E-state index in [0.717, 1.165) is 11.1 Å². The highest BCUT2D eigenvalue weighted by atomic mass is 35.5. The molecule has 3 heteroatoms. The molecule has 0 saturated carbocycles. The molecule has 0 fully saturated rings. The summed E-state index contributed by atoms with van der Waals surface area (Å²) in [4.78, 5) is 0. The lowest BCUT2D eigenvalue weighted by Crippen LogP contribution is -1.78. The summed E-state index contributed by atoms with van der Waals surface area (Å²) in [6.45, 7) is 0. The van der Waals surface area contributed by atoms with Crippen molar-refractivity contribution in [1.82, 2.24) is 0 Å². The zero-order valence-corrected chi connectivity index (χ0v) is 9.26. The minimum Gasteiger partial charge on any atom is -0.506 e. The lowest BCUT2D eigenvalue weighted by molar-refractivity contribution is 0.475. The van der Waals surface area contributed by atoms with Crippen molar-refractivity contribution >= 4 is 23.2 Å². The Kier molecular flexibility index (Phi) is 2.85. The Morgan fingerprint density at radius 2 is 1.60 bits per heavy atom. The van der Waals surface area contributed by atoms with E-state index in [9.17, 15) is 5.11 Å². The fourth-order valence-electron chi connectivity index (χ4n) is 1.35. The molecule has 0 aliphatic heterocycles. The zero-order chi connectivity index (χ0) is 10.8. The highest BCUT2D eigenvalue weighted by Gasteiger charge is 2.02. The van der Waals surface area contributed by atoms with Crippen LogP contribution in [0.1, 0.15) is 0 Å². The van der Waals surface area contributed by atoms with E-state index in [2.05, 4.69) is 0 Å². The van der Waals surface area contributed by atoms with Gasteiger partial charge >= 0.3 is 0 Å². The first-order chi connectivity index (χ1) is 7.16. The van der Waals surface area contributed by atoms with Crippen molar-refractivity contribution in [1.29, 1.82) is 0 Å². The van der Waals surface area contributed by atoms with E-state index in [4.69, 9.17) is 23.2 Å². The molecule has 1 N–H and O–H groups in total. The van der Waals surface area contributed by atoms with Crippen molar-refractivity contribution in [3.63, 3.8) is 0 Å². The maximum absolute atomic E-state index is 9.29. The van der Waals surface area contributed by atoms with Crippen LogP contribution in [0.2, 0.25) is 10.0 Å². The van der Waals surface area contributed by atoms with Crippen LogP contribution in [0.4, 0.5) is 0 Å². The van der Waals surface area contributed by atoms with Gasteiger partial charge in [0, 0.05) is 5.02 Å². The molecule has 0 amide bonds. The number of halogens is 2. The molecule has 0 heterocycles. The van der Waals surface area contributed by atoms with Crippen LogP contribution in [0.5, 0.6) is 5.75 Å². The monoisotopic (exact) mass is 238 g/mol. The third-order valence-corrected chi connectivity index (χ3v) is 2.64. The van der Waals surface area contributed by atoms with Crippen LogP contribution >= 0.6 is 23.2 Å². The number of phenolic OH excluding ortho intramolecular Hbond substituents is 1. The van der Waals surface area contributed by atoms with E-state index in [1.807, 2.05) is 24.3 Å². The van der Waals surface area contributed by atoms with Gasteiger partial charge in [-0.15, -0.1) is 0 Å². The van der Waals surface area contributed by atoms with Gasteiger partial charge in [-0.05, 0) is 35.4 Å². The summed E-state index contributed by atoms with van der Waals surface area (Å²) < 4.78 is 0. The molecule has 0 bridgehead atoms. The Bertz CT molecular complexity index is 495. The summed E-state index contributed by atoms with van der Waals surface area (Å²) in [7, 11) is 0. The minimum absolute atomic E-state index is 0.0856. The van der Waals surface area contributed by atoms with Crippen molar-refractivity contribution in [3.05, 3.63) is 52.5 Å². The quantitative estimate of drug-likeness (QED) is 0.783. The van der Waals surface area contributed by atoms with E-state index < -0.39 is 0 Å². The normalized spacial score (nSPS) is 10.3. The molecule has 0 unspecified atom stereocenters. The van der Waals surface area contributed by atoms with Crippen LogP contribution in [0.3, 0.4) is 0 Å². The topological polar surface area (TPSA) is 20.2 Å². The average Bonchev–Trinajstić information content (AvgIpc) is 2.22. The van der Waals surface area contributed by atoms with Gasteiger partial charge in [-0.2, -0.15) is 0 Å². The molecule has 1 nitrogen and oxygen atoms in total. The molecule has 0 aliphatic rings. The first kappa shape index (κ1) is 10.3. The van der Waals surface area contributed by atoms with Crippen molar-refractivity contribution in [2.45, 2.75) is 0 Å². The third-order valence-electron chi connectivity index (χ3n) is 2.11. The van der Waals surface area contributed by atoms with Crippen molar-refractivity contribution < 1.29 is 5.11 Å². The Hall–Kier alpha value is -1.18. The molecule has 0 saturated heterocycles. The van der Waals surface area contributed by atoms with Gasteiger partial charge in [0.1, 0.15) is 5.75 Å². The first-order valence-electron chi connectivity index (χ1n) is 4.41. The largest absolute Gasteiger partial charge is 0.506 e. The van der Waals surface area contributed by atoms with Crippen LogP contribution in [0.15, 0.2) is 42.5 Å². The van der Waals surface area contributed by atoms with Crippen LogP contribution in [-0.4, -0.2) is 5.11 Å². The van der Waals surface area contributed by atoms with Crippen LogP contribution in [0, 0.1) is 0 Å². The van der Waals surface area contributed by atoms with Gasteiger partial charge < -0.3 is 5.11 Å². The maximum Gasteiger partial charge on any atom is 0.134 e. The van der Waals surface area contributed by atoms with E-state index >= 15 is 0 Å². The average molecular weight is 239 g/mol. The zero-order valence-electron chi connectivity index (χ0n) is 7.74. The van der Waals surface area contributed by atoms with Crippen LogP contribution in [-0.2, 0) is 0 Å². The van der Waals surface area contributed by atoms with Crippen LogP contribution in [0.25, 0.3) is 11.1 Å². The molecule has 0 radical (unpaired) electrons. The lowest BCUT2D eigenvalue weighted by Gasteiger charge is -2.03. The summed E-state index contributed by atoms with van der Waals surface area (Å²) in [5, 5.41) is 10.3. The first-order valence-corrected chi connectivity index (χ1v) is 5.17. The number of hydrogen-bond donors (Lipinski definition) is 1. The second kappa shape index (κ2) is 4.13. The van der Waals surface area contributed by atoms with Gasteiger partial charge in [0.15, 0.2) is 0 Å². The fourth-order valence-corrected chi connectivity index (χ4v) is 1.73. The van der Waals surface area contributed by atoms with E-state index in [-0.39, 0.29) is 5.75 Å². The molecular formula is C12H8Cl2O. The molecule has 2 rings (SSSR count). The molecule has 15 heavy (non-hydrogen) atoms. The highest BCUT2D eigenvalue weighted by Crippen LogP contribution is 2.30. The summed E-state index contributed by atoms with van der Waals surface area (Å²) >= 11 is 11.7. The van der Waals surface area contributed by atoms with Crippen molar-refractivity contribution in [2.75, 3.05) is 0 Å². The van der Waals surface area contributed by atoms with Gasteiger partial charge in [0.25, 0.3) is 0 Å². The second-order valence-electron chi connectivity index (χ2n) is 3.18. The predicted octanol–water partition coefficient (Wildman–Crippen LogP) is 4.37. The van der Waals surface area contributed by atoms with Gasteiger partial charge in [0.05, 0.1) is 5.02 Å². The van der Waals surface area contributed by atoms with Gasteiger partial charge in [0.2, 0.25) is 0 Å². The smallest absolute Gasteiger partial charge is 0.134 e. The third kappa shape index (κ3) is 2.25. The SMILES string of the molecule is Oc1ccc(-c2cccc(Cl)c2)cc1Cl. The summed E-state index contributed by atoms with van der Waals surface area (Å²) in [6, 6.07) is 12.6. The summed E-state index contributed by atoms with van der Waals surface area (Å²) in [5.41, 5.74) is 1.91. The Balaban J connectivity index is 2.50. The highest BCUT2D eigenvalue weighted by molar-refractivity contribution is 6.32. The Morgan fingerprint density at radius 3 is 2.27 bits per heavy atom. The van der Waals surface area contributed by atoms with E-state index in [0.29, 0.717) is 10.0 Å². The molecule has 0 aliphatic carbocycles. The number of aromatic hydroxyl groups is 1. The standard InChI is InChI=1S/C12H8Cl2O/c13-10-3-1-2-8(6-10)9-4-5-12(15)11(14)7-9/h1-7,15H. The van der Waals surface area contributed by atoms with E-state index in [1.54, 1.807) is 18.2 Å². The van der Waals surface area contributed by atoms with Crippen molar-refractivity contribution in [2.24, 2.45) is 0 Å². The van der Waals surface area contributed by atoms with Crippen LogP contribution < -0.4 is 0 Å². The molecule has 0 atom stereocenters. The number of phenols is 1. The van der Waals surface area contributed by atoms with Gasteiger partial charge in [-0.25, -0.2) is 0 Å². The second-order valence-corrected chi connectivity index (χ2v) is 4.02. The molecule has 0 spiro atoms. The lowest BCUT2D eigenvalue weighted by atomic mass is 10.1. The molecular weight excluding hydrogens is 231 g/mol. The van der Waals surface area contributed by atoms with E-state index in [1.165, 1.54) is 0 Å². The number of benzene rings is 2. The predicted molar refractivity (Wildman–Crippen MR) is 63.6 cm³/mol. The van der Waals surface area contributed by atoms with Gasteiger partial charge in [-0.3, -0.25) is 0 Å². The van der Waals surface area contributed by atoms with Crippen molar-refractivity contribution in [3.8, 4) is 16.9 Å². The number of hydrogen-bond acceptors (Lipinski definition) is 1. The molecule has 76 valence electrons. The number of rotatable bonds is 1. The summed E-state index contributed by atoms with van der Waals surface area (Å²) in [5.74, 6) is 0.0856. The molecule has 2 aromatic rings. The Morgan fingerprint density at radius 1 is 0.867 bits per heavy atom.